The summed E-state index contributed by atoms with van der Waals surface area (Å²) in [4.78, 5) is 27.2. The van der Waals surface area contributed by atoms with E-state index in [0.717, 1.165) is 18.3 Å². The van der Waals surface area contributed by atoms with Crippen molar-refractivity contribution in [2.75, 3.05) is 6.54 Å². The van der Waals surface area contributed by atoms with Gasteiger partial charge in [0.05, 0.1) is 12.0 Å². The summed E-state index contributed by atoms with van der Waals surface area (Å²) in [7, 11) is 0. The molecule has 0 saturated carbocycles. The summed E-state index contributed by atoms with van der Waals surface area (Å²) in [6.45, 7) is 3.36. The number of hydrogen-bond donors (Lipinski definition) is 1. The van der Waals surface area contributed by atoms with Gasteiger partial charge in [-0.05, 0) is 26.0 Å². The van der Waals surface area contributed by atoms with Crippen LogP contribution in [0.4, 0.5) is 13.2 Å². The quantitative estimate of drug-likeness (QED) is 0.907. The van der Waals surface area contributed by atoms with Crippen molar-refractivity contribution in [1.82, 2.24) is 9.88 Å². The van der Waals surface area contributed by atoms with Crippen molar-refractivity contribution in [3.8, 4) is 0 Å². The molecule has 1 N–H and O–H groups in total. The molecule has 1 aromatic heterocycles. The average molecular weight is 304 g/mol. The molecule has 0 spiro atoms. The lowest BCUT2D eigenvalue weighted by atomic mass is 10.2. The molecule has 5 nitrogen and oxygen atoms in total. The molecule has 21 heavy (non-hydrogen) atoms. The highest BCUT2D eigenvalue weighted by molar-refractivity contribution is 5.94. The molecule has 1 heterocycles. The van der Waals surface area contributed by atoms with Crippen molar-refractivity contribution in [2.45, 2.75) is 32.5 Å². The number of amides is 1. The Hall–Kier alpha value is -2.12. The van der Waals surface area contributed by atoms with Gasteiger partial charge in [0.1, 0.15) is 5.69 Å². The highest BCUT2D eigenvalue weighted by Crippen LogP contribution is 2.27. The molecule has 0 bridgehead atoms. The highest BCUT2D eigenvalue weighted by atomic mass is 19.4. The third-order valence-electron chi connectivity index (χ3n) is 2.75. The van der Waals surface area contributed by atoms with E-state index in [2.05, 4.69) is 4.98 Å². The number of pyridine rings is 1. The maximum absolute atomic E-state index is 12.4. The van der Waals surface area contributed by atoms with Crippen LogP contribution in [0, 0.1) is 0 Å². The predicted octanol–water partition coefficient (Wildman–Crippen LogP) is 2.43. The number of carbonyl (C=O) groups is 2. The van der Waals surface area contributed by atoms with Crippen molar-refractivity contribution >= 4 is 11.9 Å². The number of rotatable bonds is 5. The van der Waals surface area contributed by atoms with Crippen LogP contribution >= 0.6 is 0 Å². The van der Waals surface area contributed by atoms with Crippen molar-refractivity contribution in [3.63, 3.8) is 0 Å². The minimum atomic E-state index is -4.57. The molecule has 1 amide bonds. The summed E-state index contributed by atoms with van der Waals surface area (Å²) in [5, 5.41) is 8.65. The third kappa shape index (κ3) is 4.73. The predicted molar refractivity (Wildman–Crippen MR) is 67.7 cm³/mol. The smallest absolute Gasteiger partial charge is 0.433 e. The monoisotopic (exact) mass is 304 g/mol. The van der Waals surface area contributed by atoms with E-state index in [1.807, 2.05) is 0 Å². The van der Waals surface area contributed by atoms with Crippen LogP contribution in [0.25, 0.3) is 0 Å². The number of carboxylic acid groups (broad SMARTS) is 1. The van der Waals surface area contributed by atoms with Crippen LogP contribution in [-0.2, 0) is 11.0 Å². The van der Waals surface area contributed by atoms with Gasteiger partial charge in [0, 0.05) is 18.8 Å². The van der Waals surface area contributed by atoms with Gasteiger partial charge in [0.15, 0.2) is 0 Å². The van der Waals surface area contributed by atoms with Crippen molar-refractivity contribution in [3.05, 3.63) is 29.6 Å². The zero-order valence-corrected chi connectivity index (χ0v) is 11.5. The summed E-state index contributed by atoms with van der Waals surface area (Å²) in [5.74, 6) is -1.61. The number of aliphatic carboxylic acids is 1. The topological polar surface area (TPSA) is 70.5 Å². The molecule has 0 fully saturated rings. The summed E-state index contributed by atoms with van der Waals surface area (Å²) >= 11 is 0. The second-order valence-corrected chi connectivity index (χ2v) is 4.67. The Morgan fingerprint density at radius 1 is 1.33 bits per heavy atom. The highest BCUT2D eigenvalue weighted by Gasteiger charge is 2.32. The fourth-order valence-corrected chi connectivity index (χ4v) is 1.66. The van der Waals surface area contributed by atoms with Crippen LogP contribution in [-0.4, -0.2) is 39.5 Å². The average Bonchev–Trinajstić information content (AvgIpc) is 2.37. The van der Waals surface area contributed by atoms with Crippen LogP contribution in [0.15, 0.2) is 18.3 Å². The molecule has 116 valence electrons. The molecular formula is C13H15F3N2O3. The van der Waals surface area contributed by atoms with Crippen LogP contribution in [0.5, 0.6) is 0 Å². The number of carbonyl (C=O) groups excluding carboxylic acids is 1. The summed E-state index contributed by atoms with van der Waals surface area (Å²) < 4.78 is 37.2. The molecular weight excluding hydrogens is 289 g/mol. The SMILES string of the molecule is CC(C)N(CCC(=O)O)C(=O)c1ccc(C(F)(F)F)nc1. The van der Waals surface area contributed by atoms with Gasteiger partial charge in [0.25, 0.3) is 5.91 Å². The molecule has 0 aliphatic carbocycles. The van der Waals surface area contributed by atoms with Crippen molar-refractivity contribution in [2.24, 2.45) is 0 Å². The number of carboxylic acids is 1. The lowest BCUT2D eigenvalue weighted by Gasteiger charge is -2.26. The minimum absolute atomic E-state index is 0.0120. The largest absolute Gasteiger partial charge is 0.481 e. The van der Waals surface area contributed by atoms with Crippen LogP contribution in [0.3, 0.4) is 0 Å². The first-order chi connectivity index (χ1) is 9.62. The van der Waals surface area contributed by atoms with E-state index < -0.39 is 23.7 Å². The van der Waals surface area contributed by atoms with E-state index in [9.17, 15) is 22.8 Å². The molecule has 1 rings (SSSR count). The normalized spacial score (nSPS) is 11.5. The lowest BCUT2D eigenvalue weighted by Crippen LogP contribution is -2.38. The first-order valence-electron chi connectivity index (χ1n) is 6.19. The Labute approximate surface area is 119 Å². The van der Waals surface area contributed by atoms with E-state index in [-0.39, 0.29) is 24.6 Å². The van der Waals surface area contributed by atoms with E-state index >= 15 is 0 Å². The molecule has 0 aliphatic heterocycles. The molecule has 0 radical (unpaired) electrons. The summed E-state index contributed by atoms with van der Waals surface area (Å²) in [5.41, 5.74) is -1.09. The van der Waals surface area contributed by atoms with Gasteiger partial charge in [-0.1, -0.05) is 0 Å². The lowest BCUT2D eigenvalue weighted by molar-refractivity contribution is -0.141. The van der Waals surface area contributed by atoms with E-state index in [0.29, 0.717) is 0 Å². The summed E-state index contributed by atoms with van der Waals surface area (Å²) in [6, 6.07) is 1.48. The van der Waals surface area contributed by atoms with Crippen LogP contribution < -0.4 is 0 Å². The Bertz CT molecular complexity index is 512. The van der Waals surface area contributed by atoms with Crippen molar-refractivity contribution in [1.29, 1.82) is 0 Å². The minimum Gasteiger partial charge on any atom is -0.481 e. The van der Waals surface area contributed by atoms with Crippen LogP contribution in [0.1, 0.15) is 36.3 Å². The molecule has 8 heteroatoms. The van der Waals surface area contributed by atoms with E-state index in [4.69, 9.17) is 5.11 Å². The van der Waals surface area contributed by atoms with Gasteiger partial charge < -0.3 is 10.0 Å². The van der Waals surface area contributed by atoms with E-state index in [1.54, 1.807) is 13.8 Å². The maximum Gasteiger partial charge on any atom is 0.433 e. The molecule has 0 aliphatic rings. The van der Waals surface area contributed by atoms with Gasteiger partial charge in [0.2, 0.25) is 0 Å². The summed E-state index contributed by atoms with van der Waals surface area (Å²) in [6.07, 6.45) is -3.96. The van der Waals surface area contributed by atoms with E-state index in [1.165, 1.54) is 4.90 Å². The van der Waals surface area contributed by atoms with Gasteiger partial charge in [-0.2, -0.15) is 13.2 Å². The number of alkyl halides is 3. The molecule has 0 aromatic carbocycles. The third-order valence-corrected chi connectivity index (χ3v) is 2.75. The van der Waals surface area contributed by atoms with Crippen LogP contribution in [0.2, 0.25) is 0 Å². The standard InChI is InChI=1S/C13H15F3N2O3/c1-8(2)18(6-5-11(19)20)12(21)9-3-4-10(17-7-9)13(14,15)16/h3-4,7-8H,5-6H2,1-2H3,(H,19,20). The fourth-order valence-electron chi connectivity index (χ4n) is 1.66. The Balaban J connectivity index is 2.91. The first-order valence-corrected chi connectivity index (χ1v) is 6.19. The van der Waals surface area contributed by atoms with Crippen molar-refractivity contribution < 1.29 is 27.9 Å². The van der Waals surface area contributed by atoms with Gasteiger partial charge >= 0.3 is 12.1 Å². The molecule has 1 aromatic rings. The fraction of sp³-hybridized carbons (Fsp3) is 0.462. The Morgan fingerprint density at radius 3 is 2.33 bits per heavy atom. The zero-order chi connectivity index (χ0) is 16.2. The second-order valence-electron chi connectivity index (χ2n) is 4.67. The zero-order valence-electron chi connectivity index (χ0n) is 11.5. The number of nitrogens with zero attached hydrogens (tertiary/aromatic N) is 2. The van der Waals surface area contributed by atoms with Gasteiger partial charge in [-0.25, -0.2) is 0 Å². The Morgan fingerprint density at radius 2 is 1.95 bits per heavy atom. The number of halogens is 3. The molecule has 0 atom stereocenters. The van der Waals surface area contributed by atoms with Gasteiger partial charge in [-0.3, -0.25) is 14.6 Å². The second kappa shape index (κ2) is 6.55. The maximum atomic E-state index is 12.4. The number of hydrogen-bond acceptors (Lipinski definition) is 3. The first kappa shape index (κ1) is 16.9. The molecule has 0 unspecified atom stereocenters. The van der Waals surface area contributed by atoms with Gasteiger partial charge in [-0.15, -0.1) is 0 Å². The molecule has 0 saturated heterocycles. The number of aromatic nitrogens is 1. The Kier molecular flexibility index (Phi) is 5.28.